The molecule has 6 heteroatoms. The number of hydrogen-bond donors (Lipinski definition) is 2. The van der Waals surface area contributed by atoms with Crippen molar-refractivity contribution in [3.63, 3.8) is 0 Å². The number of rotatable bonds is 10. The number of benzene rings is 1. The number of nitrogens with one attached hydrogen (secondary N) is 2. The van der Waals surface area contributed by atoms with Crippen molar-refractivity contribution in [2.45, 2.75) is 70.5 Å². The van der Waals surface area contributed by atoms with E-state index < -0.39 is 0 Å². The van der Waals surface area contributed by atoms with E-state index in [1.807, 2.05) is 25.2 Å². The molecule has 0 aliphatic heterocycles. The minimum Gasteiger partial charge on any atom is -0.360 e. The first kappa shape index (κ1) is 20.7. The van der Waals surface area contributed by atoms with Crippen LogP contribution in [0.2, 0.25) is 10.0 Å². The van der Waals surface area contributed by atoms with Gasteiger partial charge in [0.25, 0.3) is 0 Å². The third-order valence-corrected chi connectivity index (χ3v) is 6.13. The Bertz CT molecular complexity index is 734. The van der Waals surface area contributed by atoms with Gasteiger partial charge in [-0.05, 0) is 51.3 Å². The van der Waals surface area contributed by atoms with Crippen molar-refractivity contribution < 1.29 is 4.52 Å². The molecule has 0 saturated heterocycles. The molecule has 2 atom stereocenters. The monoisotopic (exact) mass is 409 g/mol. The summed E-state index contributed by atoms with van der Waals surface area (Å²) in [6.07, 6.45) is 5.61. The molecule has 0 spiro atoms. The number of hydrogen-bond acceptors (Lipinski definition) is 4. The standard InChI is InChI=1S/C21H29Cl2N3O/c1-4-14(24-3)11-15(5-2)25-12-16-20(26-27-21(16)13-9-10-13)19-17(22)7-6-8-18(19)23/h6-8,13-15,24-25H,4-5,9-12H2,1-3H3. The van der Waals surface area contributed by atoms with E-state index in [0.29, 0.717) is 34.6 Å². The van der Waals surface area contributed by atoms with Gasteiger partial charge in [0.2, 0.25) is 0 Å². The average Bonchev–Trinajstić information content (AvgIpc) is 3.43. The Morgan fingerprint density at radius 1 is 1.15 bits per heavy atom. The molecule has 1 heterocycles. The van der Waals surface area contributed by atoms with Crippen LogP contribution in [0.3, 0.4) is 0 Å². The van der Waals surface area contributed by atoms with Gasteiger partial charge in [-0.25, -0.2) is 0 Å². The fourth-order valence-electron chi connectivity index (χ4n) is 3.55. The molecule has 4 nitrogen and oxygen atoms in total. The lowest BCUT2D eigenvalue weighted by Crippen LogP contribution is -2.36. The molecule has 3 rings (SSSR count). The maximum Gasteiger partial charge on any atom is 0.144 e. The van der Waals surface area contributed by atoms with E-state index in [2.05, 4.69) is 29.6 Å². The van der Waals surface area contributed by atoms with Crippen molar-refractivity contribution in [3.05, 3.63) is 39.6 Å². The Morgan fingerprint density at radius 3 is 2.37 bits per heavy atom. The van der Waals surface area contributed by atoms with Crippen molar-refractivity contribution in [1.82, 2.24) is 15.8 Å². The van der Waals surface area contributed by atoms with Crippen molar-refractivity contribution >= 4 is 23.2 Å². The first-order chi connectivity index (χ1) is 13.1. The Balaban J connectivity index is 1.84. The minimum atomic E-state index is 0.430. The number of nitrogens with zero attached hydrogens (tertiary/aromatic N) is 1. The Morgan fingerprint density at radius 2 is 1.81 bits per heavy atom. The summed E-state index contributed by atoms with van der Waals surface area (Å²) in [6.45, 7) is 5.16. The highest BCUT2D eigenvalue weighted by Gasteiger charge is 2.33. The molecule has 27 heavy (non-hydrogen) atoms. The zero-order chi connectivity index (χ0) is 19.4. The summed E-state index contributed by atoms with van der Waals surface area (Å²) in [7, 11) is 2.03. The summed E-state index contributed by atoms with van der Waals surface area (Å²) in [5.74, 6) is 1.47. The number of halogens is 2. The molecular formula is C21H29Cl2N3O. The molecule has 2 N–H and O–H groups in total. The van der Waals surface area contributed by atoms with Gasteiger partial charge in [0.05, 0.1) is 10.0 Å². The Kier molecular flexibility index (Phi) is 7.21. The molecule has 1 aliphatic carbocycles. The first-order valence-electron chi connectivity index (χ1n) is 9.92. The van der Waals surface area contributed by atoms with Crippen LogP contribution < -0.4 is 10.6 Å². The summed E-state index contributed by atoms with van der Waals surface area (Å²) in [6, 6.07) is 6.49. The molecule has 0 bridgehead atoms. The highest BCUT2D eigenvalue weighted by molar-refractivity contribution is 6.39. The molecule has 2 aromatic rings. The molecule has 0 radical (unpaired) electrons. The van der Waals surface area contributed by atoms with E-state index in [4.69, 9.17) is 27.7 Å². The molecule has 0 amide bonds. The SMILES string of the molecule is CCC(CC(CC)NCc1c(-c2c(Cl)cccc2Cl)noc1C1CC1)NC. The fraction of sp³-hybridized carbons (Fsp3) is 0.571. The predicted octanol–water partition coefficient (Wildman–Crippen LogP) is 5.78. The van der Waals surface area contributed by atoms with Crippen LogP contribution in [0.4, 0.5) is 0 Å². The average molecular weight is 410 g/mol. The summed E-state index contributed by atoms with van der Waals surface area (Å²) in [5, 5.41) is 12.7. The van der Waals surface area contributed by atoms with Crippen molar-refractivity contribution in [2.75, 3.05) is 7.05 Å². The molecule has 1 aromatic carbocycles. The van der Waals surface area contributed by atoms with Crippen LogP contribution in [0, 0.1) is 0 Å². The third kappa shape index (κ3) is 4.86. The van der Waals surface area contributed by atoms with Gasteiger partial charge in [0, 0.05) is 35.7 Å². The molecule has 148 valence electrons. The van der Waals surface area contributed by atoms with E-state index >= 15 is 0 Å². The second kappa shape index (κ2) is 9.42. The molecular weight excluding hydrogens is 381 g/mol. The van der Waals surface area contributed by atoms with E-state index in [-0.39, 0.29) is 0 Å². The van der Waals surface area contributed by atoms with Gasteiger partial charge in [-0.1, -0.05) is 48.3 Å². The van der Waals surface area contributed by atoms with Crippen LogP contribution in [-0.2, 0) is 6.54 Å². The number of aromatic nitrogens is 1. The van der Waals surface area contributed by atoms with Crippen LogP contribution in [0.5, 0.6) is 0 Å². The second-order valence-corrected chi connectivity index (χ2v) is 8.17. The van der Waals surface area contributed by atoms with Gasteiger partial charge in [-0.2, -0.15) is 0 Å². The highest BCUT2D eigenvalue weighted by Crippen LogP contribution is 2.45. The summed E-state index contributed by atoms with van der Waals surface area (Å²) in [5.41, 5.74) is 2.64. The molecule has 1 aliphatic rings. The van der Waals surface area contributed by atoms with Crippen LogP contribution in [0.15, 0.2) is 22.7 Å². The minimum absolute atomic E-state index is 0.430. The van der Waals surface area contributed by atoms with Crippen LogP contribution in [0.1, 0.15) is 63.2 Å². The maximum absolute atomic E-state index is 6.44. The largest absolute Gasteiger partial charge is 0.360 e. The van der Waals surface area contributed by atoms with Gasteiger partial charge in [0.1, 0.15) is 11.5 Å². The highest BCUT2D eigenvalue weighted by atomic mass is 35.5. The van der Waals surface area contributed by atoms with Gasteiger partial charge in [-0.15, -0.1) is 0 Å². The Labute approximate surface area is 172 Å². The zero-order valence-corrected chi connectivity index (χ0v) is 17.8. The van der Waals surface area contributed by atoms with E-state index in [1.54, 1.807) is 0 Å². The quantitative estimate of drug-likeness (QED) is 0.521. The smallest absolute Gasteiger partial charge is 0.144 e. The summed E-state index contributed by atoms with van der Waals surface area (Å²) < 4.78 is 5.75. The van der Waals surface area contributed by atoms with E-state index in [9.17, 15) is 0 Å². The van der Waals surface area contributed by atoms with Crippen molar-refractivity contribution in [1.29, 1.82) is 0 Å². The van der Waals surface area contributed by atoms with Crippen molar-refractivity contribution in [2.24, 2.45) is 0 Å². The van der Waals surface area contributed by atoms with Gasteiger partial charge in [-0.3, -0.25) is 0 Å². The Hall–Kier alpha value is -1.07. The fourth-order valence-corrected chi connectivity index (χ4v) is 4.13. The molecule has 1 aromatic heterocycles. The summed E-state index contributed by atoms with van der Waals surface area (Å²) >= 11 is 12.9. The van der Waals surface area contributed by atoms with E-state index in [0.717, 1.165) is 54.7 Å². The van der Waals surface area contributed by atoms with Crippen molar-refractivity contribution in [3.8, 4) is 11.3 Å². The lowest BCUT2D eigenvalue weighted by atomic mass is 10.0. The van der Waals surface area contributed by atoms with Gasteiger partial charge in [0.15, 0.2) is 0 Å². The topological polar surface area (TPSA) is 50.1 Å². The summed E-state index contributed by atoms with van der Waals surface area (Å²) in [4.78, 5) is 0. The van der Waals surface area contributed by atoms with Gasteiger partial charge < -0.3 is 15.2 Å². The first-order valence-corrected chi connectivity index (χ1v) is 10.7. The molecule has 2 unspecified atom stereocenters. The maximum atomic E-state index is 6.44. The van der Waals surface area contributed by atoms with Gasteiger partial charge >= 0.3 is 0 Å². The molecule has 1 saturated carbocycles. The second-order valence-electron chi connectivity index (χ2n) is 7.36. The lowest BCUT2D eigenvalue weighted by Gasteiger charge is -2.23. The predicted molar refractivity (Wildman–Crippen MR) is 113 cm³/mol. The third-order valence-electron chi connectivity index (χ3n) is 5.50. The zero-order valence-electron chi connectivity index (χ0n) is 16.3. The van der Waals surface area contributed by atoms with Crippen LogP contribution in [0.25, 0.3) is 11.3 Å². The normalized spacial score (nSPS) is 16.5. The lowest BCUT2D eigenvalue weighted by molar-refractivity contribution is 0.376. The van der Waals surface area contributed by atoms with E-state index in [1.165, 1.54) is 0 Å². The molecule has 1 fully saturated rings. The van der Waals surface area contributed by atoms with Crippen LogP contribution in [-0.4, -0.2) is 24.3 Å². The van der Waals surface area contributed by atoms with Crippen LogP contribution >= 0.6 is 23.2 Å².